The molecule has 0 aromatic rings. The van der Waals surface area contributed by atoms with Gasteiger partial charge in [-0.25, -0.2) is 9.59 Å². The molecular formula is C15H10Co2O10. The average molecular weight is 468 g/mol. The van der Waals surface area contributed by atoms with Crippen LogP contribution in [0.3, 0.4) is 0 Å². The normalized spacial score (nSPS) is 5.07. The van der Waals surface area contributed by atoms with Gasteiger partial charge in [0.15, 0.2) is 0 Å². The maximum absolute atomic E-state index is 10.7. The monoisotopic (exact) mass is 468 g/mol. The molecule has 12 heteroatoms. The van der Waals surface area contributed by atoms with E-state index in [1.54, 1.807) is 6.92 Å². The van der Waals surface area contributed by atoms with E-state index in [1.165, 1.54) is 0 Å². The number of hydrogen-bond acceptors (Lipinski definition) is 4. The third-order valence-corrected chi connectivity index (χ3v) is 0.940. The number of rotatable bonds is 5. The predicted octanol–water partition coefficient (Wildman–Crippen LogP) is 0.211. The van der Waals surface area contributed by atoms with Gasteiger partial charge in [-0.1, -0.05) is 6.58 Å². The SMILES string of the molecule is [C-]#[O+].[C-]#[O+].[C-]#[O+].[C-]#[O+].[C-]#[O+].[C-]#[O+].[CH]=[C]COC(=O)/C=C/C(=O)OCC.[Co].[Co]. The molecule has 0 aliphatic rings. The third-order valence-electron chi connectivity index (χ3n) is 0.940. The average Bonchev–Trinajstić information content (AvgIpc) is 2.74. The summed E-state index contributed by atoms with van der Waals surface area (Å²) in [4.78, 5) is 21.4. The van der Waals surface area contributed by atoms with E-state index in [-0.39, 0.29) is 46.8 Å². The molecule has 0 fully saturated rings. The van der Waals surface area contributed by atoms with Gasteiger partial charge in [-0.3, -0.25) is 0 Å². The number of carbonyl (C=O) groups excluding carboxylic acids is 2. The van der Waals surface area contributed by atoms with Gasteiger partial charge in [0.05, 0.1) is 6.61 Å². The molecule has 0 N–H and O–H groups in total. The van der Waals surface area contributed by atoms with Gasteiger partial charge < -0.3 is 9.47 Å². The van der Waals surface area contributed by atoms with E-state index < -0.39 is 11.9 Å². The van der Waals surface area contributed by atoms with Crippen LogP contribution in [0.1, 0.15) is 6.92 Å². The Bertz CT molecular complexity index is 398. The first-order valence-corrected chi connectivity index (χ1v) is 4.88. The third kappa shape index (κ3) is 117. The summed E-state index contributed by atoms with van der Waals surface area (Å²) in [6, 6.07) is 0. The molecule has 4 radical (unpaired) electrons. The van der Waals surface area contributed by atoms with E-state index >= 15 is 0 Å². The molecule has 0 saturated carbocycles. The summed E-state index contributed by atoms with van der Waals surface area (Å²) in [6.45, 7) is 33.7. The Morgan fingerprint density at radius 2 is 1.04 bits per heavy atom. The van der Waals surface area contributed by atoms with Gasteiger partial charge in [0.1, 0.15) is 6.61 Å². The zero-order valence-electron chi connectivity index (χ0n) is 13.4. The zero-order chi connectivity index (χ0) is 22.1. The molecule has 0 unspecified atom stereocenters. The fourth-order valence-corrected chi connectivity index (χ4v) is 0.487. The summed E-state index contributed by atoms with van der Waals surface area (Å²) in [5, 5.41) is 0. The van der Waals surface area contributed by atoms with Crippen LogP contribution < -0.4 is 0 Å². The topological polar surface area (TPSA) is 172 Å². The van der Waals surface area contributed by atoms with Crippen LogP contribution in [0.15, 0.2) is 12.2 Å². The van der Waals surface area contributed by atoms with E-state index in [1.807, 2.05) is 0 Å². The quantitative estimate of drug-likeness (QED) is 0.243. The van der Waals surface area contributed by atoms with Crippen molar-refractivity contribution in [3.05, 3.63) is 64.7 Å². The summed E-state index contributed by atoms with van der Waals surface area (Å²) in [7, 11) is 0. The standard InChI is InChI=1S/C9H10O4.6CO.2Co/c1-3-7-13-9(11)6-5-8(10)12-4-2;6*1-2;;/h1,5-6H,4,7H2,2H3;;;;;;;;/b3-1?,6-5+;;;;;;;;. The zero-order valence-corrected chi connectivity index (χ0v) is 15.5. The van der Waals surface area contributed by atoms with Crippen LogP contribution in [0, 0.1) is 52.6 Å². The number of esters is 2. The van der Waals surface area contributed by atoms with Crippen molar-refractivity contribution < 1.29 is 80.5 Å². The van der Waals surface area contributed by atoms with E-state index in [4.69, 9.17) is 34.5 Å². The van der Waals surface area contributed by atoms with Crippen molar-refractivity contribution in [1.82, 2.24) is 0 Å². The van der Waals surface area contributed by atoms with Gasteiger partial charge in [-0.15, -0.1) is 0 Å². The first-order chi connectivity index (χ1) is 12.2. The molecule has 0 aromatic carbocycles. The van der Waals surface area contributed by atoms with Gasteiger partial charge >= 0.3 is 79.8 Å². The molecule has 0 aliphatic heterocycles. The van der Waals surface area contributed by atoms with Crippen molar-refractivity contribution in [2.45, 2.75) is 6.92 Å². The fourth-order valence-electron chi connectivity index (χ4n) is 0.487. The Hall–Kier alpha value is -2.13. The Morgan fingerprint density at radius 1 is 0.778 bits per heavy atom. The Balaban J connectivity index is -0.0000000282. The number of ether oxygens (including phenoxy) is 2. The summed E-state index contributed by atoms with van der Waals surface area (Å²) in [5.41, 5.74) is 0. The van der Waals surface area contributed by atoms with Crippen molar-refractivity contribution in [2.24, 2.45) is 0 Å². The van der Waals surface area contributed by atoms with Gasteiger partial charge in [0.25, 0.3) is 0 Å². The summed E-state index contributed by atoms with van der Waals surface area (Å²) in [6.07, 6.45) is 4.07. The maximum atomic E-state index is 10.7. The Kier molecular flexibility index (Phi) is 220. The minimum Gasteiger partial charge on any atom is -0.463 e. The largest absolute Gasteiger partial charge is 0.463 e. The van der Waals surface area contributed by atoms with Crippen LogP contribution in [0.2, 0.25) is 0 Å². The van der Waals surface area contributed by atoms with E-state index in [9.17, 15) is 9.59 Å². The molecule has 27 heavy (non-hydrogen) atoms. The van der Waals surface area contributed by atoms with Gasteiger partial charge in [-0.2, -0.15) is 0 Å². The van der Waals surface area contributed by atoms with E-state index in [2.05, 4.69) is 55.5 Å². The van der Waals surface area contributed by atoms with Crippen molar-refractivity contribution in [2.75, 3.05) is 13.2 Å². The molecular weight excluding hydrogens is 458 g/mol. The number of hydrogen-bond donors (Lipinski definition) is 0. The van der Waals surface area contributed by atoms with Gasteiger partial charge in [0, 0.05) is 45.7 Å². The van der Waals surface area contributed by atoms with Crippen molar-refractivity contribution in [1.29, 1.82) is 0 Å². The molecule has 0 atom stereocenters. The Labute approximate surface area is 177 Å². The number of carbonyl (C=O) groups is 2. The molecule has 0 saturated heterocycles. The molecule has 148 valence electrons. The van der Waals surface area contributed by atoms with Gasteiger partial charge in [-0.05, 0) is 13.0 Å². The molecule has 0 heterocycles. The predicted molar refractivity (Wildman–Crippen MR) is 67.9 cm³/mol. The minimum absolute atomic E-state index is 0. The molecule has 0 aliphatic carbocycles. The fraction of sp³-hybridized carbons (Fsp3) is 0.200. The molecule has 0 aromatic heterocycles. The van der Waals surface area contributed by atoms with E-state index in [0.29, 0.717) is 0 Å². The van der Waals surface area contributed by atoms with Crippen LogP contribution in [-0.2, 0) is 80.5 Å². The first-order valence-electron chi connectivity index (χ1n) is 4.88. The maximum Gasteiger partial charge on any atom is 0.331 e. The second-order valence-electron chi connectivity index (χ2n) is 1.90. The summed E-state index contributed by atoms with van der Waals surface area (Å²) < 4.78 is 54.0. The van der Waals surface area contributed by atoms with Crippen molar-refractivity contribution in [3.8, 4) is 0 Å². The summed E-state index contributed by atoms with van der Waals surface area (Å²) >= 11 is 0. The van der Waals surface area contributed by atoms with Gasteiger partial charge in [0.2, 0.25) is 0 Å². The van der Waals surface area contributed by atoms with Crippen LogP contribution in [0.4, 0.5) is 0 Å². The smallest absolute Gasteiger partial charge is 0.331 e. The Morgan fingerprint density at radius 3 is 1.26 bits per heavy atom. The van der Waals surface area contributed by atoms with Crippen molar-refractivity contribution >= 4 is 11.9 Å². The van der Waals surface area contributed by atoms with Crippen LogP contribution in [0.5, 0.6) is 0 Å². The molecule has 0 bridgehead atoms. The van der Waals surface area contributed by atoms with E-state index in [0.717, 1.165) is 12.2 Å². The van der Waals surface area contributed by atoms with Crippen molar-refractivity contribution in [3.63, 3.8) is 0 Å². The first kappa shape index (κ1) is 56.3. The van der Waals surface area contributed by atoms with Crippen LogP contribution >= 0.6 is 0 Å². The molecule has 0 spiro atoms. The summed E-state index contributed by atoms with van der Waals surface area (Å²) in [5.74, 6) is -1.24. The second-order valence-corrected chi connectivity index (χ2v) is 1.90. The molecule has 0 rings (SSSR count). The second kappa shape index (κ2) is 106. The minimum atomic E-state index is -0.661. The van der Waals surface area contributed by atoms with Crippen LogP contribution in [0.25, 0.3) is 0 Å². The molecule has 10 nitrogen and oxygen atoms in total. The van der Waals surface area contributed by atoms with Crippen LogP contribution in [-0.4, -0.2) is 25.2 Å². The molecule has 0 amide bonds.